The number of aromatic amines is 1. The first-order valence-corrected chi connectivity index (χ1v) is 7.12. The fourth-order valence-corrected chi connectivity index (χ4v) is 2.69. The molecular weight excluding hydrogens is 268 g/mol. The predicted octanol–water partition coefficient (Wildman–Crippen LogP) is 1.47. The number of anilines is 1. The molecule has 3 rings (SSSR count). The van der Waals surface area contributed by atoms with Crippen molar-refractivity contribution in [1.82, 2.24) is 20.6 Å². The summed E-state index contributed by atoms with van der Waals surface area (Å²) in [6, 6.07) is 7.34. The summed E-state index contributed by atoms with van der Waals surface area (Å²) in [6.45, 7) is 0. The van der Waals surface area contributed by atoms with Crippen molar-refractivity contribution in [2.75, 3.05) is 5.32 Å². The molecule has 1 amide bonds. The summed E-state index contributed by atoms with van der Waals surface area (Å²) < 4.78 is 0. The Morgan fingerprint density at radius 1 is 1.29 bits per heavy atom. The molecule has 0 radical (unpaired) electrons. The maximum Gasteiger partial charge on any atom is 0.244 e. The van der Waals surface area contributed by atoms with Crippen molar-refractivity contribution in [3.63, 3.8) is 0 Å². The molecule has 21 heavy (non-hydrogen) atoms. The van der Waals surface area contributed by atoms with Crippen molar-refractivity contribution in [1.29, 1.82) is 0 Å². The maximum atomic E-state index is 12.4. The van der Waals surface area contributed by atoms with E-state index in [1.165, 1.54) is 0 Å². The third-order valence-electron chi connectivity index (χ3n) is 3.92. The topological polar surface area (TPSA) is 110 Å². The minimum atomic E-state index is -0.750. The summed E-state index contributed by atoms with van der Waals surface area (Å²) in [7, 11) is 0. The van der Waals surface area contributed by atoms with Gasteiger partial charge in [0.15, 0.2) is 0 Å². The van der Waals surface area contributed by atoms with Crippen LogP contribution in [0.15, 0.2) is 24.3 Å². The highest BCUT2D eigenvalue weighted by Gasteiger charge is 2.35. The Hall–Kier alpha value is -2.28. The van der Waals surface area contributed by atoms with Gasteiger partial charge in [0.2, 0.25) is 11.7 Å². The summed E-state index contributed by atoms with van der Waals surface area (Å²) in [5.41, 5.74) is 6.96. The number of nitrogens with one attached hydrogen (secondary N) is 2. The minimum absolute atomic E-state index is 0.118. The molecule has 1 heterocycles. The zero-order valence-corrected chi connectivity index (χ0v) is 11.7. The summed E-state index contributed by atoms with van der Waals surface area (Å²) in [5, 5.41) is 16.7. The van der Waals surface area contributed by atoms with Crippen LogP contribution < -0.4 is 11.1 Å². The molecule has 0 spiro atoms. The fraction of sp³-hybridized carbons (Fsp3) is 0.429. The summed E-state index contributed by atoms with van der Waals surface area (Å²) in [6.07, 6.45) is 4.64. The molecule has 2 aromatic rings. The van der Waals surface area contributed by atoms with Crippen LogP contribution in [0.4, 0.5) is 5.69 Å². The van der Waals surface area contributed by atoms with Crippen molar-refractivity contribution in [3.8, 4) is 11.4 Å². The number of nitrogens with zero attached hydrogens (tertiary/aromatic N) is 3. The van der Waals surface area contributed by atoms with Gasteiger partial charge >= 0.3 is 0 Å². The van der Waals surface area contributed by atoms with Gasteiger partial charge in [-0.2, -0.15) is 5.21 Å². The Labute approximate surface area is 122 Å². The SMILES string of the molecule is NC1(C(=O)Nc2cccc(-c3nn[nH]n3)c2)CCCCC1. The summed E-state index contributed by atoms with van der Waals surface area (Å²) >= 11 is 0. The number of amides is 1. The highest BCUT2D eigenvalue weighted by molar-refractivity contribution is 5.98. The van der Waals surface area contributed by atoms with Crippen LogP contribution in [0.3, 0.4) is 0 Å². The number of rotatable bonds is 3. The largest absolute Gasteiger partial charge is 0.324 e. The third-order valence-corrected chi connectivity index (χ3v) is 3.92. The molecule has 0 atom stereocenters. The normalized spacial score (nSPS) is 17.4. The molecule has 1 saturated carbocycles. The van der Waals surface area contributed by atoms with Gasteiger partial charge < -0.3 is 11.1 Å². The van der Waals surface area contributed by atoms with Gasteiger partial charge in [-0.05, 0) is 30.2 Å². The molecule has 0 unspecified atom stereocenters. The van der Waals surface area contributed by atoms with Gasteiger partial charge in [-0.3, -0.25) is 4.79 Å². The Balaban J connectivity index is 1.76. The molecule has 4 N–H and O–H groups in total. The van der Waals surface area contributed by atoms with E-state index in [-0.39, 0.29) is 5.91 Å². The monoisotopic (exact) mass is 286 g/mol. The lowest BCUT2D eigenvalue weighted by Crippen LogP contribution is -2.52. The Morgan fingerprint density at radius 3 is 2.81 bits per heavy atom. The van der Waals surface area contributed by atoms with Gasteiger partial charge in [-0.1, -0.05) is 31.4 Å². The van der Waals surface area contributed by atoms with Crippen molar-refractivity contribution in [2.24, 2.45) is 5.73 Å². The second-order valence-corrected chi connectivity index (χ2v) is 5.49. The Bertz CT molecular complexity index is 618. The summed E-state index contributed by atoms with van der Waals surface area (Å²) in [4.78, 5) is 12.4. The van der Waals surface area contributed by atoms with Crippen LogP contribution in [-0.2, 0) is 4.79 Å². The van der Waals surface area contributed by atoms with Crippen LogP contribution in [0.2, 0.25) is 0 Å². The average Bonchev–Trinajstić information content (AvgIpc) is 3.02. The first kappa shape index (κ1) is 13.7. The number of tetrazole rings is 1. The van der Waals surface area contributed by atoms with E-state index in [0.717, 1.165) is 37.7 Å². The molecule has 1 fully saturated rings. The molecule has 110 valence electrons. The summed E-state index contributed by atoms with van der Waals surface area (Å²) in [5.74, 6) is 0.374. The number of hydrogen-bond donors (Lipinski definition) is 3. The second-order valence-electron chi connectivity index (χ2n) is 5.49. The molecular formula is C14H18N6O. The molecule has 0 saturated heterocycles. The quantitative estimate of drug-likeness (QED) is 0.791. The van der Waals surface area contributed by atoms with E-state index in [2.05, 4.69) is 25.9 Å². The third kappa shape index (κ3) is 2.92. The molecule has 0 aliphatic heterocycles. The first-order valence-electron chi connectivity index (χ1n) is 7.12. The van der Waals surface area contributed by atoms with Crippen LogP contribution in [0.1, 0.15) is 32.1 Å². The standard InChI is InChI=1S/C14H18N6O/c15-14(7-2-1-3-8-14)13(21)16-11-6-4-5-10(9-11)12-17-19-20-18-12/h4-6,9H,1-3,7-8,15H2,(H,16,21)(H,17,18,19,20). The average molecular weight is 286 g/mol. The molecule has 0 bridgehead atoms. The lowest BCUT2D eigenvalue weighted by molar-refractivity contribution is -0.122. The lowest BCUT2D eigenvalue weighted by atomic mass is 9.82. The van der Waals surface area contributed by atoms with Crippen LogP contribution in [0, 0.1) is 0 Å². The van der Waals surface area contributed by atoms with Gasteiger partial charge in [-0.25, -0.2) is 0 Å². The predicted molar refractivity (Wildman–Crippen MR) is 78.2 cm³/mol. The van der Waals surface area contributed by atoms with Gasteiger partial charge in [0.05, 0.1) is 5.54 Å². The maximum absolute atomic E-state index is 12.4. The minimum Gasteiger partial charge on any atom is -0.324 e. The number of benzene rings is 1. The zero-order valence-electron chi connectivity index (χ0n) is 11.7. The lowest BCUT2D eigenvalue weighted by Gasteiger charge is -2.31. The Kier molecular flexibility index (Phi) is 3.66. The van der Waals surface area contributed by atoms with Crippen LogP contribution >= 0.6 is 0 Å². The van der Waals surface area contributed by atoms with Crippen LogP contribution in [-0.4, -0.2) is 32.1 Å². The number of aromatic nitrogens is 4. The van der Waals surface area contributed by atoms with E-state index in [9.17, 15) is 4.79 Å². The zero-order chi connectivity index (χ0) is 14.7. The van der Waals surface area contributed by atoms with E-state index < -0.39 is 5.54 Å². The smallest absolute Gasteiger partial charge is 0.244 e. The molecule has 7 heteroatoms. The Morgan fingerprint density at radius 2 is 2.10 bits per heavy atom. The first-order chi connectivity index (χ1) is 10.2. The van der Waals surface area contributed by atoms with Crippen molar-refractivity contribution in [2.45, 2.75) is 37.6 Å². The van der Waals surface area contributed by atoms with Crippen molar-refractivity contribution < 1.29 is 4.79 Å². The van der Waals surface area contributed by atoms with Crippen LogP contribution in [0.25, 0.3) is 11.4 Å². The highest BCUT2D eigenvalue weighted by atomic mass is 16.2. The van der Waals surface area contributed by atoms with Gasteiger partial charge in [0.1, 0.15) is 0 Å². The molecule has 1 aliphatic rings. The fourth-order valence-electron chi connectivity index (χ4n) is 2.69. The molecule has 1 aromatic carbocycles. The van der Waals surface area contributed by atoms with Crippen molar-refractivity contribution in [3.05, 3.63) is 24.3 Å². The number of hydrogen-bond acceptors (Lipinski definition) is 5. The van der Waals surface area contributed by atoms with Crippen LogP contribution in [0.5, 0.6) is 0 Å². The number of nitrogens with two attached hydrogens (primary N) is 1. The van der Waals surface area contributed by atoms with Gasteiger partial charge in [-0.15, -0.1) is 10.2 Å². The van der Waals surface area contributed by atoms with Gasteiger partial charge in [0, 0.05) is 11.3 Å². The van der Waals surface area contributed by atoms with E-state index in [0.29, 0.717) is 11.5 Å². The molecule has 1 aromatic heterocycles. The second kappa shape index (κ2) is 5.61. The van der Waals surface area contributed by atoms with Crippen molar-refractivity contribution >= 4 is 11.6 Å². The molecule has 1 aliphatic carbocycles. The van der Waals surface area contributed by atoms with E-state index in [1.807, 2.05) is 24.3 Å². The number of carbonyl (C=O) groups excluding carboxylic acids is 1. The highest BCUT2D eigenvalue weighted by Crippen LogP contribution is 2.27. The van der Waals surface area contributed by atoms with E-state index in [4.69, 9.17) is 5.73 Å². The van der Waals surface area contributed by atoms with E-state index in [1.54, 1.807) is 0 Å². The number of carbonyl (C=O) groups is 1. The van der Waals surface area contributed by atoms with E-state index >= 15 is 0 Å². The van der Waals surface area contributed by atoms with Gasteiger partial charge in [0.25, 0.3) is 0 Å². The number of H-pyrrole nitrogens is 1. The molecule has 7 nitrogen and oxygen atoms in total.